The molecule has 2 atom stereocenters. The molecule has 2 N–H and O–H groups in total. The lowest BCUT2D eigenvalue weighted by Gasteiger charge is -2.35. The van der Waals surface area contributed by atoms with Gasteiger partial charge < -0.3 is 15.4 Å². The van der Waals surface area contributed by atoms with Gasteiger partial charge in [-0.2, -0.15) is 0 Å². The van der Waals surface area contributed by atoms with Gasteiger partial charge in [0.2, 0.25) is 0 Å². The first-order valence-electron chi connectivity index (χ1n) is 9.63. The van der Waals surface area contributed by atoms with Gasteiger partial charge in [-0.15, -0.1) is 0 Å². The third-order valence-corrected chi connectivity index (χ3v) is 4.61. The first-order valence-corrected chi connectivity index (χ1v) is 9.63. The van der Waals surface area contributed by atoms with E-state index in [9.17, 15) is 0 Å². The van der Waals surface area contributed by atoms with E-state index in [1.54, 1.807) is 0 Å². The van der Waals surface area contributed by atoms with Crippen LogP contribution in [0.2, 0.25) is 0 Å². The zero-order valence-corrected chi connectivity index (χ0v) is 15.8. The average molecular weight is 345 g/mol. The molecule has 1 aliphatic carbocycles. The second-order valence-corrected chi connectivity index (χ2v) is 7.38. The largest absolute Gasteiger partial charge is 0.373 e. The minimum Gasteiger partial charge on any atom is -0.373 e. The van der Waals surface area contributed by atoms with Crippen LogP contribution in [0.15, 0.2) is 29.3 Å². The van der Waals surface area contributed by atoms with Gasteiger partial charge in [0.15, 0.2) is 5.96 Å². The number of hydrogen-bond donors (Lipinski definition) is 2. The molecule has 5 heteroatoms. The minimum atomic E-state index is 0.320. The molecule has 1 saturated carbocycles. The molecule has 0 bridgehead atoms. The van der Waals surface area contributed by atoms with Crippen LogP contribution in [0.25, 0.3) is 0 Å². The molecular formula is C20H32N4O. The van der Waals surface area contributed by atoms with Crippen LogP contribution in [0.4, 0.5) is 0 Å². The van der Waals surface area contributed by atoms with E-state index < -0.39 is 0 Å². The topological polar surface area (TPSA) is 48.9 Å². The summed E-state index contributed by atoms with van der Waals surface area (Å²) in [7, 11) is 0. The number of morpholine rings is 1. The first kappa shape index (κ1) is 18.2. The number of benzene rings is 1. The number of guanidine groups is 1. The van der Waals surface area contributed by atoms with Crippen LogP contribution in [-0.4, -0.2) is 48.7 Å². The van der Waals surface area contributed by atoms with Crippen molar-refractivity contribution in [3.05, 3.63) is 35.4 Å². The van der Waals surface area contributed by atoms with Crippen molar-refractivity contribution in [1.29, 1.82) is 0 Å². The lowest BCUT2D eigenvalue weighted by Crippen LogP contribution is -2.44. The highest BCUT2D eigenvalue weighted by atomic mass is 16.5. The van der Waals surface area contributed by atoms with Gasteiger partial charge >= 0.3 is 0 Å². The molecule has 0 spiro atoms. The Bertz CT molecular complexity index is 558. The van der Waals surface area contributed by atoms with Crippen LogP contribution in [-0.2, 0) is 17.8 Å². The molecule has 0 aromatic heterocycles. The number of nitrogens with one attached hydrogen (secondary N) is 2. The van der Waals surface area contributed by atoms with Crippen molar-refractivity contribution in [2.75, 3.05) is 19.6 Å². The van der Waals surface area contributed by atoms with Gasteiger partial charge in [0.1, 0.15) is 0 Å². The molecule has 5 nitrogen and oxygen atoms in total. The van der Waals surface area contributed by atoms with Crippen LogP contribution in [0.5, 0.6) is 0 Å². The van der Waals surface area contributed by atoms with Gasteiger partial charge in [-0.05, 0) is 44.7 Å². The zero-order chi connectivity index (χ0) is 17.6. The molecule has 2 fully saturated rings. The Hall–Kier alpha value is -1.59. The molecule has 0 radical (unpaired) electrons. The highest BCUT2D eigenvalue weighted by Crippen LogP contribution is 2.18. The summed E-state index contributed by atoms with van der Waals surface area (Å²) in [4.78, 5) is 7.18. The Morgan fingerprint density at radius 2 is 1.76 bits per heavy atom. The van der Waals surface area contributed by atoms with E-state index in [2.05, 4.69) is 60.6 Å². The molecule has 1 aromatic carbocycles. The number of hydrogen-bond acceptors (Lipinski definition) is 3. The highest BCUT2D eigenvalue weighted by Gasteiger charge is 2.22. The van der Waals surface area contributed by atoms with Crippen LogP contribution >= 0.6 is 0 Å². The summed E-state index contributed by atoms with van der Waals surface area (Å²) in [6.45, 7) is 11.0. The molecule has 1 aromatic rings. The summed E-state index contributed by atoms with van der Waals surface area (Å²) in [5.41, 5.74) is 2.61. The first-order chi connectivity index (χ1) is 12.1. The summed E-state index contributed by atoms with van der Waals surface area (Å²) in [6, 6.07) is 9.49. The molecule has 1 heterocycles. The van der Waals surface area contributed by atoms with Gasteiger partial charge in [0.25, 0.3) is 0 Å². The number of aliphatic imine (C=N–C) groups is 1. The predicted octanol–water partition coefficient (Wildman–Crippen LogP) is 2.51. The molecule has 0 amide bonds. The van der Waals surface area contributed by atoms with E-state index in [1.165, 1.54) is 24.0 Å². The van der Waals surface area contributed by atoms with E-state index >= 15 is 0 Å². The molecule has 2 unspecified atom stereocenters. The van der Waals surface area contributed by atoms with E-state index in [-0.39, 0.29) is 0 Å². The summed E-state index contributed by atoms with van der Waals surface area (Å²) < 4.78 is 5.81. The average Bonchev–Trinajstić information content (AvgIpc) is 3.37. The Morgan fingerprint density at radius 1 is 1.12 bits per heavy atom. The van der Waals surface area contributed by atoms with Crippen molar-refractivity contribution in [3.63, 3.8) is 0 Å². The SMILES string of the molecule is CCNC(=NCc1ccc(CN2CC(C)OC(C)C2)cc1)NC1CC1. The smallest absolute Gasteiger partial charge is 0.191 e. The molecule has 1 aliphatic heterocycles. The van der Waals surface area contributed by atoms with Crippen molar-refractivity contribution in [1.82, 2.24) is 15.5 Å². The summed E-state index contributed by atoms with van der Waals surface area (Å²) in [5.74, 6) is 0.936. The monoisotopic (exact) mass is 344 g/mol. The van der Waals surface area contributed by atoms with Crippen LogP contribution in [0.1, 0.15) is 44.7 Å². The third kappa shape index (κ3) is 6.01. The maximum Gasteiger partial charge on any atom is 0.191 e. The second-order valence-electron chi connectivity index (χ2n) is 7.38. The third-order valence-electron chi connectivity index (χ3n) is 4.61. The molecule has 138 valence electrons. The summed E-state index contributed by atoms with van der Waals surface area (Å²) in [6.07, 6.45) is 3.16. The van der Waals surface area contributed by atoms with Crippen molar-refractivity contribution >= 4 is 5.96 Å². The molecule has 25 heavy (non-hydrogen) atoms. The quantitative estimate of drug-likeness (QED) is 0.615. The number of rotatable bonds is 6. The lowest BCUT2D eigenvalue weighted by atomic mass is 10.1. The van der Waals surface area contributed by atoms with E-state index in [0.29, 0.717) is 24.8 Å². The Kier molecular flexibility index (Phi) is 6.32. The zero-order valence-electron chi connectivity index (χ0n) is 15.8. The number of nitrogens with zero attached hydrogens (tertiary/aromatic N) is 2. The highest BCUT2D eigenvalue weighted by molar-refractivity contribution is 5.80. The standard InChI is InChI=1S/C20H32N4O/c1-4-21-20(23-19-9-10-19)22-11-17-5-7-18(8-6-17)14-24-12-15(2)25-16(3)13-24/h5-8,15-16,19H,4,9-14H2,1-3H3,(H2,21,22,23). The summed E-state index contributed by atoms with van der Waals surface area (Å²) in [5, 5.41) is 6.77. The normalized spacial score (nSPS) is 25.0. The second kappa shape index (κ2) is 8.68. The maximum absolute atomic E-state index is 5.81. The number of ether oxygens (including phenoxy) is 1. The fourth-order valence-electron chi connectivity index (χ4n) is 3.33. The van der Waals surface area contributed by atoms with Gasteiger partial charge in [-0.3, -0.25) is 4.90 Å². The van der Waals surface area contributed by atoms with Crippen molar-refractivity contribution in [2.45, 2.75) is 65.0 Å². The molecule has 1 saturated heterocycles. The van der Waals surface area contributed by atoms with Crippen molar-refractivity contribution in [2.24, 2.45) is 4.99 Å². The predicted molar refractivity (Wildman–Crippen MR) is 103 cm³/mol. The van der Waals surface area contributed by atoms with E-state index in [0.717, 1.165) is 32.1 Å². The van der Waals surface area contributed by atoms with Gasteiger partial charge in [0, 0.05) is 32.2 Å². The Morgan fingerprint density at radius 3 is 2.36 bits per heavy atom. The van der Waals surface area contributed by atoms with Gasteiger partial charge in [-0.25, -0.2) is 4.99 Å². The minimum absolute atomic E-state index is 0.320. The summed E-state index contributed by atoms with van der Waals surface area (Å²) >= 11 is 0. The van der Waals surface area contributed by atoms with Gasteiger partial charge in [-0.1, -0.05) is 24.3 Å². The van der Waals surface area contributed by atoms with Crippen molar-refractivity contribution < 1.29 is 4.74 Å². The lowest BCUT2D eigenvalue weighted by molar-refractivity contribution is -0.0704. The fourth-order valence-corrected chi connectivity index (χ4v) is 3.33. The maximum atomic E-state index is 5.81. The van der Waals surface area contributed by atoms with E-state index in [1.807, 2.05) is 0 Å². The Labute approximate surface area is 151 Å². The Balaban J connectivity index is 1.52. The fraction of sp³-hybridized carbons (Fsp3) is 0.650. The van der Waals surface area contributed by atoms with Crippen LogP contribution in [0.3, 0.4) is 0 Å². The van der Waals surface area contributed by atoms with Crippen LogP contribution in [0, 0.1) is 0 Å². The van der Waals surface area contributed by atoms with Crippen LogP contribution < -0.4 is 10.6 Å². The molecule has 2 aliphatic rings. The van der Waals surface area contributed by atoms with Gasteiger partial charge in [0.05, 0.1) is 18.8 Å². The molecule has 3 rings (SSSR count). The molecular weight excluding hydrogens is 312 g/mol. The van der Waals surface area contributed by atoms with E-state index in [4.69, 9.17) is 9.73 Å². The van der Waals surface area contributed by atoms with Crippen molar-refractivity contribution in [3.8, 4) is 0 Å².